The van der Waals surface area contributed by atoms with Crippen molar-refractivity contribution in [3.8, 4) is 11.5 Å². The molecule has 0 radical (unpaired) electrons. The number of phenolic OH excluding ortho intramolecular Hbond substituents is 1. The summed E-state index contributed by atoms with van der Waals surface area (Å²) in [5, 5.41) is 12.3. The van der Waals surface area contributed by atoms with Crippen LogP contribution in [0.4, 0.5) is 5.69 Å². The maximum Gasteiger partial charge on any atom is 0.224 e. The van der Waals surface area contributed by atoms with Gasteiger partial charge in [0.1, 0.15) is 11.5 Å². The van der Waals surface area contributed by atoms with Gasteiger partial charge in [-0.25, -0.2) is 0 Å². The van der Waals surface area contributed by atoms with Gasteiger partial charge in [-0.2, -0.15) is 0 Å². The fraction of sp³-hybridized carbons (Fsp3) is 0.235. The van der Waals surface area contributed by atoms with E-state index in [9.17, 15) is 9.90 Å². The van der Waals surface area contributed by atoms with Gasteiger partial charge in [0, 0.05) is 6.42 Å². The molecule has 21 heavy (non-hydrogen) atoms. The molecule has 0 aliphatic rings. The van der Waals surface area contributed by atoms with Gasteiger partial charge >= 0.3 is 0 Å². The van der Waals surface area contributed by atoms with Gasteiger partial charge in [-0.05, 0) is 43.2 Å². The fourth-order valence-corrected chi connectivity index (χ4v) is 1.97. The minimum Gasteiger partial charge on any atom is -0.506 e. The van der Waals surface area contributed by atoms with Crippen LogP contribution in [0, 0.1) is 0 Å². The van der Waals surface area contributed by atoms with Crippen LogP contribution in [0.25, 0.3) is 0 Å². The third-order valence-electron chi connectivity index (χ3n) is 3.05. The van der Waals surface area contributed by atoms with E-state index in [2.05, 4.69) is 5.32 Å². The van der Waals surface area contributed by atoms with Crippen LogP contribution in [0.3, 0.4) is 0 Å². The number of para-hydroxylation sites is 2. The maximum absolute atomic E-state index is 11.9. The summed E-state index contributed by atoms with van der Waals surface area (Å²) >= 11 is 0. The van der Waals surface area contributed by atoms with Gasteiger partial charge in [0.25, 0.3) is 0 Å². The summed E-state index contributed by atoms with van der Waals surface area (Å²) < 4.78 is 5.37. The second kappa shape index (κ2) is 7.33. The van der Waals surface area contributed by atoms with Gasteiger partial charge in [0.15, 0.2) is 0 Å². The van der Waals surface area contributed by atoms with Crippen molar-refractivity contribution in [1.82, 2.24) is 0 Å². The number of amides is 1. The number of aryl methyl sites for hydroxylation is 1. The van der Waals surface area contributed by atoms with Crippen LogP contribution in [-0.2, 0) is 11.2 Å². The number of hydrogen-bond donors (Lipinski definition) is 2. The number of hydrogen-bond acceptors (Lipinski definition) is 3. The Bertz CT molecular complexity index is 593. The second-order valence-electron chi connectivity index (χ2n) is 4.64. The predicted octanol–water partition coefficient (Wildman–Crippen LogP) is 3.36. The van der Waals surface area contributed by atoms with Crippen molar-refractivity contribution in [2.45, 2.75) is 19.8 Å². The van der Waals surface area contributed by atoms with E-state index in [0.717, 1.165) is 11.3 Å². The first-order chi connectivity index (χ1) is 10.2. The topological polar surface area (TPSA) is 58.6 Å². The Kier molecular flexibility index (Phi) is 5.21. The molecule has 0 fully saturated rings. The van der Waals surface area contributed by atoms with Crippen molar-refractivity contribution < 1.29 is 14.6 Å². The number of carbonyl (C=O) groups excluding carboxylic acids is 1. The molecule has 0 atom stereocenters. The van der Waals surface area contributed by atoms with Gasteiger partial charge in [-0.15, -0.1) is 0 Å². The molecule has 4 heteroatoms. The molecule has 0 heterocycles. The summed E-state index contributed by atoms with van der Waals surface area (Å²) in [6, 6.07) is 14.4. The summed E-state index contributed by atoms with van der Waals surface area (Å²) in [5.41, 5.74) is 1.51. The molecule has 0 aliphatic carbocycles. The Morgan fingerprint density at radius 1 is 1.14 bits per heavy atom. The van der Waals surface area contributed by atoms with Gasteiger partial charge < -0.3 is 15.2 Å². The van der Waals surface area contributed by atoms with Crippen molar-refractivity contribution in [3.63, 3.8) is 0 Å². The highest BCUT2D eigenvalue weighted by Crippen LogP contribution is 2.21. The number of carbonyl (C=O) groups is 1. The van der Waals surface area contributed by atoms with Crippen LogP contribution in [0.2, 0.25) is 0 Å². The first kappa shape index (κ1) is 14.9. The molecular weight excluding hydrogens is 266 g/mol. The summed E-state index contributed by atoms with van der Waals surface area (Å²) in [7, 11) is 0. The largest absolute Gasteiger partial charge is 0.506 e. The molecule has 2 aromatic rings. The lowest BCUT2D eigenvalue weighted by atomic mass is 10.1. The lowest BCUT2D eigenvalue weighted by molar-refractivity contribution is -0.116. The molecule has 0 bridgehead atoms. The Labute approximate surface area is 124 Å². The van der Waals surface area contributed by atoms with E-state index in [4.69, 9.17) is 4.74 Å². The molecule has 1 amide bonds. The standard InChI is InChI=1S/C17H19NO3/c1-2-21-14-10-7-13(8-11-14)9-12-17(20)18-15-5-3-4-6-16(15)19/h3-8,10-11,19H,2,9,12H2,1H3,(H,18,20). The van der Waals surface area contributed by atoms with Gasteiger partial charge in [-0.3, -0.25) is 4.79 Å². The number of aromatic hydroxyl groups is 1. The van der Waals surface area contributed by atoms with Crippen LogP contribution in [0.5, 0.6) is 11.5 Å². The smallest absolute Gasteiger partial charge is 0.224 e. The molecule has 110 valence electrons. The molecule has 0 saturated carbocycles. The molecular formula is C17H19NO3. The summed E-state index contributed by atoms with van der Waals surface area (Å²) in [6.07, 6.45) is 1.01. The zero-order chi connectivity index (χ0) is 15.1. The average molecular weight is 285 g/mol. The highest BCUT2D eigenvalue weighted by molar-refractivity contribution is 5.92. The van der Waals surface area contributed by atoms with E-state index in [1.807, 2.05) is 31.2 Å². The quantitative estimate of drug-likeness (QED) is 0.800. The fourth-order valence-electron chi connectivity index (χ4n) is 1.97. The third-order valence-corrected chi connectivity index (χ3v) is 3.05. The lowest BCUT2D eigenvalue weighted by Crippen LogP contribution is -2.12. The van der Waals surface area contributed by atoms with Crippen LogP contribution < -0.4 is 10.1 Å². The molecule has 0 aromatic heterocycles. The minimum atomic E-state index is -0.120. The summed E-state index contributed by atoms with van der Waals surface area (Å²) in [4.78, 5) is 11.9. The highest BCUT2D eigenvalue weighted by atomic mass is 16.5. The first-order valence-electron chi connectivity index (χ1n) is 6.98. The van der Waals surface area contributed by atoms with Gasteiger partial charge in [-0.1, -0.05) is 24.3 Å². The van der Waals surface area contributed by atoms with Crippen molar-refractivity contribution in [2.24, 2.45) is 0 Å². The van der Waals surface area contributed by atoms with E-state index in [1.54, 1.807) is 24.3 Å². The highest BCUT2D eigenvalue weighted by Gasteiger charge is 2.06. The van der Waals surface area contributed by atoms with Crippen molar-refractivity contribution in [1.29, 1.82) is 0 Å². The van der Waals surface area contributed by atoms with Crippen LogP contribution in [0.15, 0.2) is 48.5 Å². The van der Waals surface area contributed by atoms with Crippen molar-refractivity contribution >= 4 is 11.6 Å². The van der Waals surface area contributed by atoms with E-state index in [1.165, 1.54) is 0 Å². The molecule has 0 unspecified atom stereocenters. The summed E-state index contributed by atoms with van der Waals surface area (Å²) in [5.74, 6) is 0.789. The van der Waals surface area contributed by atoms with Crippen LogP contribution in [-0.4, -0.2) is 17.6 Å². The maximum atomic E-state index is 11.9. The Morgan fingerprint density at radius 3 is 2.52 bits per heavy atom. The SMILES string of the molecule is CCOc1ccc(CCC(=O)Nc2ccccc2O)cc1. The van der Waals surface area contributed by atoms with Crippen LogP contribution >= 0.6 is 0 Å². The van der Waals surface area contributed by atoms with Crippen LogP contribution in [0.1, 0.15) is 18.9 Å². The normalized spacial score (nSPS) is 10.1. The number of phenols is 1. The molecule has 2 N–H and O–H groups in total. The lowest BCUT2D eigenvalue weighted by Gasteiger charge is -2.07. The molecule has 0 aliphatic heterocycles. The van der Waals surface area contributed by atoms with E-state index in [-0.39, 0.29) is 11.7 Å². The molecule has 2 aromatic carbocycles. The van der Waals surface area contributed by atoms with Crippen molar-refractivity contribution in [3.05, 3.63) is 54.1 Å². The first-order valence-corrected chi connectivity index (χ1v) is 6.98. The van der Waals surface area contributed by atoms with E-state index >= 15 is 0 Å². The zero-order valence-electron chi connectivity index (χ0n) is 12.0. The predicted molar refractivity (Wildman–Crippen MR) is 82.7 cm³/mol. The second-order valence-corrected chi connectivity index (χ2v) is 4.64. The van der Waals surface area contributed by atoms with E-state index in [0.29, 0.717) is 25.1 Å². The zero-order valence-corrected chi connectivity index (χ0v) is 12.0. The molecule has 0 saturated heterocycles. The Balaban J connectivity index is 1.85. The summed E-state index contributed by atoms with van der Waals surface area (Å²) in [6.45, 7) is 2.58. The van der Waals surface area contributed by atoms with E-state index < -0.39 is 0 Å². The Hall–Kier alpha value is -2.49. The Morgan fingerprint density at radius 2 is 1.86 bits per heavy atom. The monoisotopic (exact) mass is 285 g/mol. The number of ether oxygens (including phenoxy) is 1. The average Bonchev–Trinajstić information content (AvgIpc) is 2.49. The molecule has 2 rings (SSSR count). The molecule has 0 spiro atoms. The third kappa shape index (κ3) is 4.53. The number of rotatable bonds is 6. The number of nitrogens with one attached hydrogen (secondary N) is 1. The van der Waals surface area contributed by atoms with Crippen molar-refractivity contribution in [2.75, 3.05) is 11.9 Å². The van der Waals surface area contributed by atoms with Gasteiger partial charge in [0.05, 0.1) is 12.3 Å². The number of anilines is 1. The number of benzene rings is 2. The molecule has 4 nitrogen and oxygen atoms in total. The minimum absolute atomic E-state index is 0.0758. The van der Waals surface area contributed by atoms with Gasteiger partial charge in [0.2, 0.25) is 5.91 Å².